The van der Waals surface area contributed by atoms with E-state index in [0.29, 0.717) is 0 Å². The lowest BCUT2D eigenvalue weighted by molar-refractivity contribution is -0.129. The molecule has 1 amide bonds. The van der Waals surface area contributed by atoms with Gasteiger partial charge in [-0.25, -0.2) is 9.59 Å². The summed E-state index contributed by atoms with van der Waals surface area (Å²) in [6.45, 7) is 5.18. The zero-order valence-electron chi connectivity index (χ0n) is 21.0. The number of nitrogens with zero attached hydrogens (tertiary/aromatic N) is 3. The summed E-state index contributed by atoms with van der Waals surface area (Å²) in [5.41, 5.74) is -0.295. The van der Waals surface area contributed by atoms with E-state index >= 15 is 0 Å². The van der Waals surface area contributed by atoms with Crippen molar-refractivity contribution in [1.82, 2.24) is 9.36 Å². The molecule has 0 spiro atoms. The minimum atomic E-state index is -1.39. The molecule has 0 radical (unpaired) electrons. The number of oxime groups is 1. The average Bonchev–Trinajstić information content (AvgIpc) is 3.34. The first-order valence-corrected chi connectivity index (χ1v) is 12.5. The summed E-state index contributed by atoms with van der Waals surface area (Å²) in [4.78, 5) is 34.7. The number of anilines is 1. The molecule has 0 saturated heterocycles. The lowest BCUT2D eigenvalue weighted by atomic mass is 9.80. The number of hydrogen-bond donors (Lipinski definition) is 2. The summed E-state index contributed by atoms with van der Waals surface area (Å²) < 4.78 is 9.29. The monoisotopic (exact) mass is 530 g/mol. The fraction of sp³-hybridized carbons (Fsp3) is 0.179. The molecule has 10 heteroatoms. The van der Waals surface area contributed by atoms with Gasteiger partial charge in [0.25, 0.3) is 0 Å². The van der Waals surface area contributed by atoms with E-state index in [2.05, 4.69) is 19.8 Å². The zero-order chi connectivity index (χ0) is 27.2. The van der Waals surface area contributed by atoms with Crippen molar-refractivity contribution in [3.8, 4) is 0 Å². The summed E-state index contributed by atoms with van der Waals surface area (Å²) in [5, 5.41) is 16.6. The van der Waals surface area contributed by atoms with Gasteiger partial charge in [0.05, 0.1) is 0 Å². The van der Waals surface area contributed by atoms with E-state index in [1.807, 2.05) is 91.0 Å². The van der Waals surface area contributed by atoms with Crippen molar-refractivity contribution in [2.75, 3.05) is 5.32 Å². The van der Waals surface area contributed by atoms with Crippen LogP contribution in [0.4, 0.5) is 9.93 Å². The van der Waals surface area contributed by atoms with Crippen LogP contribution in [-0.2, 0) is 20.0 Å². The Morgan fingerprint density at radius 2 is 1.32 bits per heavy atom. The van der Waals surface area contributed by atoms with Gasteiger partial charge in [-0.1, -0.05) is 96.2 Å². The second kappa shape index (κ2) is 11.2. The molecular formula is C28H26N4O5S. The minimum absolute atomic E-state index is 0.0589. The standard InChI is InChI=1S/C28H26N4O5S/c1-27(2,3)36-26(35)30-25-29-23(32-38-25)22(24(33)34)31-37-28(19-13-7-4-8-14-19,20-15-9-5-10-16-20)21-17-11-6-12-18-21/h4-18H,1-3H3,(H,33,34)(H,29,30,32,35). The maximum Gasteiger partial charge on any atom is 0.414 e. The summed E-state index contributed by atoms with van der Waals surface area (Å²) in [6.07, 6.45) is -0.735. The lowest BCUT2D eigenvalue weighted by Crippen LogP contribution is -2.32. The van der Waals surface area contributed by atoms with E-state index in [4.69, 9.17) is 9.57 Å². The van der Waals surface area contributed by atoms with Crippen LogP contribution in [0.5, 0.6) is 0 Å². The molecule has 0 atom stereocenters. The van der Waals surface area contributed by atoms with Gasteiger partial charge in [-0.3, -0.25) is 5.32 Å². The van der Waals surface area contributed by atoms with Crippen LogP contribution in [-0.4, -0.2) is 37.8 Å². The van der Waals surface area contributed by atoms with Crippen LogP contribution >= 0.6 is 11.5 Å². The molecule has 0 aliphatic heterocycles. The van der Waals surface area contributed by atoms with Gasteiger partial charge < -0.3 is 14.7 Å². The highest BCUT2D eigenvalue weighted by Crippen LogP contribution is 2.40. The number of nitrogens with one attached hydrogen (secondary N) is 1. The van der Waals surface area contributed by atoms with E-state index in [-0.39, 0.29) is 11.0 Å². The molecular weight excluding hydrogens is 504 g/mol. The van der Waals surface area contributed by atoms with Crippen LogP contribution in [0.2, 0.25) is 0 Å². The Hall–Kier alpha value is -4.57. The Kier molecular flexibility index (Phi) is 7.82. The minimum Gasteiger partial charge on any atom is -0.476 e. The van der Waals surface area contributed by atoms with E-state index in [0.717, 1.165) is 28.2 Å². The van der Waals surface area contributed by atoms with Gasteiger partial charge in [0.1, 0.15) is 5.60 Å². The molecule has 9 nitrogen and oxygen atoms in total. The van der Waals surface area contributed by atoms with Crippen molar-refractivity contribution in [3.05, 3.63) is 114 Å². The van der Waals surface area contributed by atoms with Crippen molar-refractivity contribution in [1.29, 1.82) is 0 Å². The average molecular weight is 531 g/mol. The quantitative estimate of drug-likeness (QED) is 0.171. The van der Waals surface area contributed by atoms with Crippen molar-refractivity contribution < 1.29 is 24.3 Å². The number of carbonyl (C=O) groups excluding carboxylic acids is 1. The molecule has 0 bridgehead atoms. The maximum absolute atomic E-state index is 12.2. The molecule has 0 fully saturated rings. The number of carboxylic acid groups (broad SMARTS) is 1. The second-order valence-electron chi connectivity index (χ2n) is 9.17. The summed E-state index contributed by atoms with van der Waals surface area (Å²) in [7, 11) is 0. The molecule has 3 aromatic carbocycles. The predicted octanol–water partition coefficient (Wildman–Crippen LogP) is 5.68. The van der Waals surface area contributed by atoms with Gasteiger partial charge in [0.2, 0.25) is 22.3 Å². The van der Waals surface area contributed by atoms with Crippen molar-refractivity contribution in [2.24, 2.45) is 5.16 Å². The number of carbonyl (C=O) groups is 2. The first-order chi connectivity index (χ1) is 18.2. The Morgan fingerprint density at radius 1 is 0.842 bits per heavy atom. The fourth-order valence-corrected chi connectivity index (χ4v) is 4.28. The van der Waals surface area contributed by atoms with Gasteiger partial charge >= 0.3 is 12.1 Å². The normalized spacial score (nSPS) is 12.0. The maximum atomic E-state index is 12.2. The van der Waals surface area contributed by atoms with Crippen LogP contribution in [0.3, 0.4) is 0 Å². The molecule has 2 N–H and O–H groups in total. The molecule has 194 valence electrons. The third-order valence-corrected chi connectivity index (χ3v) is 5.89. The van der Waals surface area contributed by atoms with Gasteiger partial charge in [-0.2, -0.15) is 9.36 Å². The van der Waals surface area contributed by atoms with Crippen LogP contribution in [0, 0.1) is 0 Å². The zero-order valence-corrected chi connectivity index (χ0v) is 21.8. The SMILES string of the molecule is CC(C)(C)OC(=O)Nc1nc(C(=NOC(c2ccccc2)(c2ccccc2)c2ccccc2)C(=O)O)ns1. The van der Waals surface area contributed by atoms with E-state index < -0.39 is 29.0 Å². The number of amides is 1. The molecule has 38 heavy (non-hydrogen) atoms. The molecule has 0 aliphatic rings. The Labute approximate surface area is 223 Å². The van der Waals surface area contributed by atoms with Crippen molar-refractivity contribution in [3.63, 3.8) is 0 Å². The molecule has 0 unspecified atom stereocenters. The summed E-state index contributed by atoms with van der Waals surface area (Å²) in [5.74, 6) is -1.61. The van der Waals surface area contributed by atoms with Crippen LogP contribution in [0.25, 0.3) is 0 Å². The Bertz CT molecular complexity index is 1320. The van der Waals surface area contributed by atoms with Crippen LogP contribution in [0.15, 0.2) is 96.2 Å². The number of benzene rings is 3. The predicted molar refractivity (Wildman–Crippen MR) is 144 cm³/mol. The highest BCUT2D eigenvalue weighted by molar-refractivity contribution is 7.10. The molecule has 1 heterocycles. The highest BCUT2D eigenvalue weighted by atomic mass is 32.1. The molecule has 4 rings (SSSR count). The molecule has 4 aromatic rings. The molecule has 0 aliphatic carbocycles. The molecule has 1 aromatic heterocycles. The third-order valence-electron chi connectivity index (χ3n) is 5.26. The van der Waals surface area contributed by atoms with Gasteiger partial charge in [0.15, 0.2) is 0 Å². The number of rotatable bonds is 8. The lowest BCUT2D eigenvalue weighted by Gasteiger charge is -2.33. The van der Waals surface area contributed by atoms with E-state index in [1.165, 1.54) is 0 Å². The number of aromatic nitrogens is 2. The Morgan fingerprint density at radius 3 is 1.74 bits per heavy atom. The number of ether oxygens (including phenoxy) is 1. The van der Waals surface area contributed by atoms with E-state index in [1.54, 1.807) is 20.8 Å². The van der Waals surface area contributed by atoms with Gasteiger partial charge in [0, 0.05) is 28.2 Å². The number of hydrogen-bond acceptors (Lipinski definition) is 8. The van der Waals surface area contributed by atoms with Crippen molar-refractivity contribution >= 4 is 34.4 Å². The highest BCUT2D eigenvalue weighted by Gasteiger charge is 2.40. The Balaban J connectivity index is 1.77. The number of carboxylic acids is 1. The largest absolute Gasteiger partial charge is 0.476 e. The summed E-state index contributed by atoms with van der Waals surface area (Å²) >= 11 is 0.799. The van der Waals surface area contributed by atoms with Gasteiger partial charge in [-0.05, 0) is 20.8 Å². The van der Waals surface area contributed by atoms with Crippen LogP contribution in [0.1, 0.15) is 43.3 Å². The topological polar surface area (TPSA) is 123 Å². The van der Waals surface area contributed by atoms with E-state index in [9.17, 15) is 14.7 Å². The van der Waals surface area contributed by atoms with Crippen LogP contribution < -0.4 is 5.32 Å². The summed E-state index contributed by atoms with van der Waals surface area (Å²) in [6, 6.07) is 28.2. The number of aliphatic carboxylic acids is 1. The second-order valence-corrected chi connectivity index (χ2v) is 9.92. The van der Waals surface area contributed by atoms with Gasteiger partial charge in [-0.15, -0.1) is 0 Å². The first kappa shape index (κ1) is 26.5. The molecule has 0 saturated carbocycles. The fourth-order valence-electron chi connectivity index (χ4n) is 3.73. The first-order valence-electron chi connectivity index (χ1n) is 11.7. The van der Waals surface area contributed by atoms with Crippen molar-refractivity contribution in [2.45, 2.75) is 32.0 Å². The smallest absolute Gasteiger partial charge is 0.414 e. The third kappa shape index (κ3) is 6.04.